The number of hydrogen-bond acceptors (Lipinski definition) is 3. The van der Waals surface area contributed by atoms with E-state index in [0.717, 1.165) is 37.8 Å². The fourth-order valence-electron chi connectivity index (χ4n) is 2.15. The average Bonchev–Trinajstić information content (AvgIpc) is 2.81. The Labute approximate surface area is 156 Å². The molecule has 1 rings (SSSR count). The molecule has 0 saturated heterocycles. The largest absolute Gasteiger partial charge is 0.356 e. The van der Waals surface area contributed by atoms with Crippen molar-refractivity contribution in [2.75, 3.05) is 20.1 Å². The molecule has 128 valence electrons. The molecule has 0 aliphatic rings. The van der Waals surface area contributed by atoms with Crippen LogP contribution in [0.1, 0.15) is 49.2 Å². The number of nitrogens with one attached hydrogen (secondary N) is 2. The summed E-state index contributed by atoms with van der Waals surface area (Å²) < 4.78 is 0. The van der Waals surface area contributed by atoms with Gasteiger partial charge in [0.1, 0.15) is 0 Å². The minimum Gasteiger partial charge on any atom is -0.356 e. The molecule has 0 spiro atoms. The van der Waals surface area contributed by atoms with Gasteiger partial charge in [-0.1, -0.05) is 20.8 Å². The zero-order valence-electron chi connectivity index (χ0n) is 14.5. The van der Waals surface area contributed by atoms with Gasteiger partial charge in [0.25, 0.3) is 0 Å². The molecule has 0 aliphatic carbocycles. The smallest absolute Gasteiger partial charge is 0.190 e. The highest BCUT2D eigenvalue weighted by Gasteiger charge is 2.06. The van der Waals surface area contributed by atoms with Gasteiger partial charge in [-0.15, -0.1) is 35.3 Å². The first-order chi connectivity index (χ1) is 10.1. The lowest BCUT2D eigenvalue weighted by Crippen LogP contribution is -2.38. The lowest BCUT2D eigenvalue weighted by Gasteiger charge is -2.11. The second-order valence-corrected chi connectivity index (χ2v) is 6.96. The van der Waals surface area contributed by atoms with E-state index in [4.69, 9.17) is 0 Å². The average molecular weight is 438 g/mol. The number of aliphatic imine (C=N–C) groups is 1. The molecule has 1 aromatic rings. The van der Waals surface area contributed by atoms with Crippen LogP contribution >= 0.6 is 35.3 Å². The van der Waals surface area contributed by atoms with Crippen LogP contribution < -0.4 is 10.6 Å². The van der Waals surface area contributed by atoms with Crippen molar-refractivity contribution in [3.63, 3.8) is 0 Å². The monoisotopic (exact) mass is 438 g/mol. The van der Waals surface area contributed by atoms with Gasteiger partial charge in [-0.25, -0.2) is 4.98 Å². The number of aromatic nitrogens is 1. The van der Waals surface area contributed by atoms with Crippen LogP contribution in [-0.4, -0.2) is 31.1 Å². The number of guanidine groups is 1. The van der Waals surface area contributed by atoms with E-state index >= 15 is 0 Å². The predicted molar refractivity (Wildman–Crippen MR) is 109 cm³/mol. The standard InChI is InChI=1S/C16H30N4S.HI/c1-6-14-13(4)21-15(20-14)9-11-19-16(17-5)18-10-7-8-12(2)3;/h12H,6-11H2,1-5H3,(H2,17,18,19);1H. The van der Waals surface area contributed by atoms with Crippen molar-refractivity contribution < 1.29 is 0 Å². The van der Waals surface area contributed by atoms with E-state index in [-0.39, 0.29) is 24.0 Å². The van der Waals surface area contributed by atoms with E-state index in [1.165, 1.54) is 28.4 Å². The van der Waals surface area contributed by atoms with Gasteiger partial charge in [0.15, 0.2) is 5.96 Å². The number of halogens is 1. The molecule has 0 atom stereocenters. The van der Waals surface area contributed by atoms with Crippen molar-refractivity contribution in [3.05, 3.63) is 15.6 Å². The maximum Gasteiger partial charge on any atom is 0.190 e. The zero-order chi connectivity index (χ0) is 15.7. The van der Waals surface area contributed by atoms with Crippen molar-refractivity contribution in [1.82, 2.24) is 15.6 Å². The molecular formula is C16H31IN4S. The third-order valence-electron chi connectivity index (χ3n) is 3.38. The minimum atomic E-state index is 0. The van der Waals surface area contributed by atoms with Crippen LogP contribution in [0, 0.1) is 12.8 Å². The van der Waals surface area contributed by atoms with E-state index in [2.05, 4.69) is 48.3 Å². The van der Waals surface area contributed by atoms with Crippen molar-refractivity contribution in [1.29, 1.82) is 0 Å². The number of thiazole rings is 1. The van der Waals surface area contributed by atoms with Crippen LogP contribution in [0.15, 0.2) is 4.99 Å². The summed E-state index contributed by atoms with van der Waals surface area (Å²) in [5, 5.41) is 7.93. The Bertz CT molecular complexity index is 443. The summed E-state index contributed by atoms with van der Waals surface area (Å²) in [7, 11) is 1.82. The Morgan fingerprint density at radius 1 is 1.27 bits per heavy atom. The first-order valence-corrected chi connectivity index (χ1v) is 8.78. The molecule has 6 heteroatoms. The van der Waals surface area contributed by atoms with Gasteiger partial charge in [0.05, 0.1) is 10.7 Å². The topological polar surface area (TPSA) is 49.3 Å². The zero-order valence-corrected chi connectivity index (χ0v) is 17.7. The molecule has 0 bridgehead atoms. The van der Waals surface area contributed by atoms with Gasteiger partial charge < -0.3 is 10.6 Å². The number of rotatable bonds is 8. The second-order valence-electron chi connectivity index (χ2n) is 5.68. The van der Waals surface area contributed by atoms with Crippen molar-refractivity contribution in [2.45, 2.75) is 53.4 Å². The van der Waals surface area contributed by atoms with E-state index < -0.39 is 0 Å². The molecule has 22 heavy (non-hydrogen) atoms. The van der Waals surface area contributed by atoms with Crippen LogP contribution in [0.5, 0.6) is 0 Å². The molecule has 1 heterocycles. The van der Waals surface area contributed by atoms with E-state index in [1.54, 1.807) is 0 Å². The highest BCUT2D eigenvalue weighted by molar-refractivity contribution is 14.0. The molecule has 0 fully saturated rings. The first kappa shape index (κ1) is 21.6. The summed E-state index contributed by atoms with van der Waals surface area (Å²) in [6.45, 7) is 10.7. The summed E-state index contributed by atoms with van der Waals surface area (Å²) in [6.07, 6.45) is 4.42. The van der Waals surface area contributed by atoms with Crippen LogP contribution in [-0.2, 0) is 12.8 Å². The summed E-state index contributed by atoms with van der Waals surface area (Å²) in [5.41, 5.74) is 1.24. The normalized spacial score (nSPS) is 11.5. The molecule has 0 amide bonds. The third kappa shape index (κ3) is 8.31. The maximum atomic E-state index is 4.66. The quantitative estimate of drug-likeness (QED) is 0.281. The van der Waals surface area contributed by atoms with E-state index in [9.17, 15) is 0 Å². The summed E-state index contributed by atoms with van der Waals surface area (Å²) in [6, 6.07) is 0. The molecule has 0 radical (unpaired) electrons. The molecule has 2 N–H and O–H groups in total. The van der Waals surface area contributed by atoms with Gasteiger partial charge in [0.2, 0.25) is 0 Å². The highest BCUT2D eigenvalue weighted by atomic mass is 127. The van der Waals surface area contributed by atoms with Crippen LogP contribution in [0.25, 0.3) is 0 Å². The Balaban J connectivity index is 0.00000441. The summed E-state index contributed by atoms with van der Waals surface area (Å²) in [5.74, 6) is 1.66. The molecule has 0 aliphatic heterocycles. The van der Waals surface area contributed by atoms with E-state index in [0.29, 0.717) is 0 Å². The molecule has 1 aromatic heterocycles. The lowest BCUT2D eigenvalue weighted by molar-refractivity contribution is 0.549. The lowest BCUT2D eigenvalue weighted by atomic mass is 10.1. The van der Waals surface area contributed by atoms with Gasteiger partial charge in [-0.2, -0.15) is 0 Å². The molecular weight excluding hydrogens is 407 g/mol. The molecule has 0 aromatic carbocycles. The van der Waals surface area contributed by atoms with Gasteiger partial charge in [-0.05, 0) is 32.1 Å². The second kappa shape index (κ2) is 12.1. The van der Waals surface area contributed by atoms with Crippen LogP contribution in [0.3, 0.4) is 0 Å². The Morgan fingerprint density at radius 3 is 2.50 bits per heavy atom. The van der Waals surface area contributed by atoms with E-state index in [1.807, 2.05) is 18.4 Å². The Kier molecular flexibility index (Phi) is 11.9. The molecule has 0 unspecified atom stereocenters. The predicted octanol–water partition coefficient (Wildman–Crippen LogP) is 3.78. The highest BCUT2D eigenvalue weighted by Crippen LogP contribution is 2.17. The fourth-order valence-corrected chi connectivity index (χ4v) is 3.17. The van der Waals surface area contributed by atoms with Crippen molar-refractivity contribution in [3.8, 4) is 0 Å². The SMILES string of the molecule is CCc1nc(CCNC(=NC)NCCCC(C)C)sc1C.I. The van der Waals surface area contributed by atoms with Crippen LogP contribution in [0.2, 0.25) is 0 Å². The van der Waals surface area contributed by atoms with Gasteiger partial charge in [0, 0.05) is 31.4 Å². The van der Waals surface area contributed by atoms with Gasteiger partial charge >= 0.3 is 0 Å². The third-order valence-corrected chi connectivity index (χ3v) is 4.45. The Hall–Kier alpha value is -0.370. The van der Waals surface area contributed by atoms with Crippen molar-refractivity contribution in [2.24, 2.45) is 10.9 Å². The van der Waals surface area contributed by atoms with Gasteiger partial charge in [-0.3, -0.25) is 4.99 Å². The first-order valence-electron chi connectivity index (χ1n) is 7.96. The maximum absolute atomic E-state index is 4.66. The number of hydrogen-bond donors (Lipinski definition) is 2. The fraction of sp³-hybridized carbons (Fsp3) is 0.750. The van der Waals surface area contributed by atoms with Crippen molar-refractivity contribution >= 4 is 41.3 Å². The minimum absolute atomic E-state index is 0. The summed E-state index contributed by atoms with van der Waals surface area (Å²) in [4.78, 5) is 10.3. The summed E-state index contributed by atoms with van der Waals surface area (Å²) >= 11 is 1.81. The molecule has 4 nitrogen and oxygen atoms in total. The van der Waals surface area contributed by atoms with Crippen LogP contribution in [0.4, 0.5) is 0 Å². The number of aryl methyl sites for hydroxylation is 2. The Morgan fingerprint density at radius 2 is 1.95 bits per heavy atom. The molecule has 0 saturated carbocycles. The number of nitrogens with zero attached hydrogens (tertiary/aromatic N) is 2.